The first-order chi connectivity index (χ1) is 5.34. The van der Waals surface area contributed by atoms with Gasteiger partial charge in [-0.25, -0.2) is 0 Å². The zero-order valence-electron chi connectivity index (χ0n) is 8.30. The Morgan fingerprint density at radius 2 is 1.67 bits per heavy atom. The van der Waals surface area contributed by atoms with E-state index in [0.717, 1.165) is 0 Å². The Hall–Kier alpha value is -0.141. The molecule has 0 saturated heterocycles. The fourth-order valence-corrected chi connectivity index (χ4v) is 2.36. The summed E-state index contributed by atoms with van der Waals surface area (Å²) in [4.78, 5) is 22.9. The molecule has 12 heavy (non-hydrogen) atoms. The Kier molecular flexibility index (Phi) is 4.15. The van der Waals surface area contributed by atoms with Crippen molar-refractivity contribution in [2.75, 3.05) is 0 Å². The molecule has 3 heteroatoms. The van der Waals surface area contributed by atoms with Crippen LogP contribution in [0.3, 0.4) is 0 Å². The molecule has 0 aliphatic heterocycles. The van der Waals surface area contributed by atoms with Crippen LogP contribution in [-0.2, 0) is 9.59 Å². The van der Waals surface area contributed by atoms with Gasteiger partial charge in [-0.05, 0) is 0 Å². The summed E-state index contributed by atoms with van der Waals surface area (Å²) in [6, 6.07) is 0. The van der Waals surface area contributed by atoms with Gasteiger partial charge in [-0.3, -0.25) is 0 Å². The van der Waals surface area contributed by atoms with Crippen LogP contribution in [0, 0.1) is 11.3 Å². The third-order valence-electron chi connectivity index (χ3n) is 1.84. The van der Waals surface area contributed by atoms with Gasteiger partial charge < -0.3 is 0 Å². The third-order valence-corrected chi connectivity index (χ3v) is 3.68. The number of carbonyl (C=O) groups is 2. The number of carbonyl (C=O) groups excluding carboxylic acids is 2. The van der Waals surface area contributed by atoms with Crippen molar-refractivity contribution in [1.29, 1.82) is 0 Å². The molecule has 0 spiro atoms. The summed E-state index contributed by atoms with van der Waals surface area (Å²) in [5.74, 6) is 1.85. The number of hydrogen-bond donors (Lipinski definition) is 0. The van der Waals surface area contributed by atoms with E-state index >= 15 is 0 Å². The Morgan fingerprint density at radius 3 is 1.92 bits per heavy atom. The van der Waals surface area contributed by atoms with E-state index in [1.165, 1.54) is 0 Å². The van der Waals surface area contributed by atoms with Crippen molar-refractivity contribution in [1.82, 2.24) is 0 Å². The molecule has 0 rings (SSSR count). The molecule has 0 aromatic heterocycles. The van der Waals surface area contributed by atoms with Crippen LogP contribution in [0.5, 0.6) is 0 Å². The Balaban J connectivity index is 4.61. The van der Waals surface area contributed by atoms with E-state index in [4.69, 9.17) is 0 Å². The van der Waals surface area contributed by atoms with Crippen molar-refractivity contribution in [2.45, 2.75) is 33.5 Å². The third kappa shape index (κ3) is 2.43. The fourth-order valence-electron chi connectivity index (χ4n) is 1.08. The first-order valence-electron chi connectivity index (χ1n) is 3.96. The van der Waals surface area contributed by atoms with Crippen molar-refractivity contribution in [3.63, 3.8) is 0 Å². The molecule has 0 aromatic carbocycles. The molecule has 2 nitrogen and oxygen atoms in total. The second kappa shape index (κ2) is 4.20. The van der Waals surface area contributed by atoms with E-state index in [1.807, 2.05) is 19.7 Å². The van der Waals surface area contributed by atoms with Gasteiger partial charge in [-0.1, -0.05) is 0 Å². The van der Waals surface area contributed by atoms with Crippen molar-refractivity contribution in [3.8, 4) is 0 Å². The number of ketones is 1. The summed E-state index contributed by atoms with van der Waals surface area (Å²) >= 11 is -0.0753. The average molecular weight is 235 g/mol. The predicted molar refractivity (Wildman–Crippen MR) is 50.3 cm³/mol. The molecule has 70 valence electrons. The van der Waals surface area contributed by atoms with E-state index < -0.39 is 5.41 Å². The molecule has 0 aromatic rings. The van der Waals surface area contributed by atoms with E-state index in [2.05, 4.69) is 0 Å². The monoisotopic (exact) mass is 236 g/mol. The number of rotatable bonds is 4. The standard InChI is InChI=1S/C9H16O2Se/c1-6(2)7(10)9(3,4)8(11)12-5/h6H,1-5H3. The molecule has 0 bridgehead atoms. The topological polar surface area (TPSA) is 34.1 Å². The molecule has 0 unspecified atom stereocenters. The number of hydrogen-bond acceptors (Lipinski definition) is 2. The Bertz CT molecular complexity index is 195. The Labute approximate surface area is 80.3 Å². The van der Waals surface area contributed by atoms with E-state index in [0.29, 0.717) is 0 Å². The first-order valence-corrected chi connectivity index (χ1v) is 6.53. The molecule has 0 heterocycles. The van der Waals surface area contributed by atoms with Gasteiger partial charge in [-0.15, -0.1) is 0 Å². The van der Waals surface area contributed by atoms with Gasteiger partial charge in [0.1, 0.15) is 0 Å². The van der Waals surface area contributed by atoms with Gasteiger partial charge in [0.15, 0.2) is 0 Å². The summed E-state index contributed by atoms with van der Waals surface area (Å²) in [5, 5.41) is 0. The van der Waals surface area contributed by atoms with Crippen LogP contribution in [0.1, 0.15) is 27.7 Å². The molecule has 0 aliphatic carbocycles. The first kappa shape index (κ1) is 11.9. The molecular weight excluding hydrogens is 219 g/mol. The predicted octanol–water partition coefficient (Wildman–Crippen LogP) is 1.52. The minimum atomic E-state index is -0.761. The molecule has 0 radical (unpaired) electrons. The van der Waals surface area contributed by atoms with Crippen LogP contribution in [-0.4, -0.2) is 25.4 Å². The van der Waals surface area contributed by atoms with Crippen molar-refractivity contribution < 1.29 is 9.59 Å². The van der Waals surface area contributed by atoms with Gasteiger partial charge in [-0.2, -0.15) is 0 Å². The van der Waals surface area contributed by atoms with Crippen molar-refractivity contribution in [2.24, 2.45) is 11.3 Å². The second-order valence-electron chi connectivity index (χ2n) is 3.64. The summed E-state index contributed by atoms with van der Waals surface area (Å²) in [6.07, 6.45) is 0. The van der Waals surface area contributed by atoms with Crippen LogP contribution in [0.2, 0.25) is 5.82 Å². The van der Waals surface area contributed by atoms with Gasteiger partial charge in [0.05, 0.1) is 0 Å². The van der Waals surface area contributed by atoms with E-state index in [9.17, 15) is 9.59 Å². The maximum atomic E-state index is 11.6. The molecule has 0 atom stereocenters. The van der Waals surface area contributed by atoms with E-state index in [1.54, 1.807) is 13.8 Å². The Morgan fingerprint density at radius 1 is 1.25 bits per heavy atom. The van der Waals surface area contributed by atoms with Gasteiger partial charge >= 0.3 is 79.9 Å². The van der Waals surface area contributed by atoms with Crippen LogP contribution in [0.15, 0.2) is 0 Å². The van der Waals surface area contributed by atoms with Crippen LogP contribution in [0.25, 0.3) is 0 Å². The van der Waals surface area contributed by atoms with E-state index in [-0.39, 0.29) is 31.3 Å². The summed E-state index contributed by atoms with van der Waals surface area (Å²) in [6.45, 7) is 7.12. The summed E-state index contributed by atoms with van der Waals surface area (Å²) in [5.41, 5.74) is -0.761. The zero-order valence-corrected chi connectivity index (χ0v) is 10.0. The van der Waals surface area contributed by atoms with Gasteiger partial charge in [0.25, 0.3) is 0 Å². The summed E-state index contributed by atoms with van der Waals surface area (Å²) < 4.78 is 0.0914. The van der Waals surface area contributed by atoms with Crippen LogP contribution in [0.4, 0.5) is 0 Å². The fraction of sp³-hybridized carbons (Fsp3) is 0.778. The molecular formula is C9H16O2Se. The maximum absolute atomic E-state index is 11.6. The molecule has 0 aliphatic rings. The SMILES string of the molecule is C[Se]C(=O)C(C)(C)C(=O)C(C)C. The number of Topliss-reactive ketones (excluding diaryl/α,β-unsaturated/α-hetero) is 1. The normalized spacial score (nSPS) is 11.8. The zero-order chi connectivity index (χ0) is 9.94. The molecule has 0 N–H and O–H groups in total. The van der Waals surface area contributed by atoms with Gasteiger partial charge in [0.2, 0.25) is 0 Å². The second-order valence-corrected chi connectivity index (χ2v) is 5.27. The molecule has 0 fully saturated rings. The quantitative estimate of drug-likeness (QED) is 0.547. The van der Waals surface area contributed by atoms with Crippen LogP contribution >= 0.6 is 0 Å². The minimum absolute atomic E-state index is 0.0497. The molecule has 0 amide bonds. The van der Waals surface area contributed by atoms with Crippen LogP contribution < -0.4 is 0 Å². The summed E-state index contributed by atoms with van der Waals surface area (Å²) in [7, 11) is 0. The van der Waals surface area contributed by atoms with Crippen molar-refractivity contribution in [3.05, 3.63) is 0 Å². The molecule has 0 saturated carbocycles. The van der Waals surface area contributed by atoms with Gasteiger partial charge in [0, 0.05) is 0 Å². The average Bonchev–Trinajstić information content (AvgIpc) is 2.01. The van der Waals surface area contributed by atoms with Crippen molar-refractivity contribution >= 4 is 25.4 Å².